The Balaban J connectivity index is 2.12. The van der Waals surface area contributed by atoms with Crippen molar-refractivity contribution in [3.63, 3.8) is 0 Å². The minimum absolute atomic E-state index is 0.316. The van der Waals surface area contributed by atoms with Crippen LogP contribution in [0.3, 0.4) is 0 Å². The average molecular weight is 371 g/mol. The SMILES string of the molecule is CCOC(=O)[C@](C)(Cc1ccccc1)N=C(c1ccccc1)c1ccccc1. The van der Waals surface area contributed by atoms with E-state index in [-0.39, 0.29) is 5.97 Å². The molecule has 142 valence electrons. The highest BCUT2D eigenvalue weighted by atomic mass is 16.5. The zero-order valence-electron chi connectivity index (χ0n) is 16.3. The number of carbonyl (C=O) groups is 1. The zero-order chi connectivity index (χ0) is 19.8. The van der Waals surface area contributed by atoms with E-state index in [9.17, 15) is 4.79 Å². The molecule has 0 aromatic heterocycles. The van der Waals surface area contributed by atoms with E-state index in [0.29, 0.717) is 13.0 Å². The maximum atomic E-state index is 12.9. The van der Waals surface area contributed by atoms with Crippen LogP contribution in [0.1, 0.15) is 30.5 Å². The van der Waals surface area contributed by atoms with Crippen LogP contribution in [0.5, 0.6) is 0 Å². The van der Waals surface area contributed by atoms with Gasteiger partial charge in [0.25, 0.3) is 0 Å². The first-order chi connectivity index (χ1) is 13.6. The van der Waals surface area contributed by atoms with Gasteiger partial charge < -0.3 is 4.74 Å². The van der Waals surface area contributed by atoms with E-state index in [1.807, 2.05) is 105 Å². The molecule has 0 heterocycles. The zero-order valence-corrected chi connectivity index (χ0v) is 16.3. The van der Waals surface area contributed by atoms with Gasteiger partial charge in [-0.1, -0.05) is 91.0 Å². The number of hydrogen-bond acceptors (Lipinski definition) is 3. The topological polar surface area (TPSA) is 38.7 Å². The first kappa shape index (κ1) is 19.6. The predicted octanol–water partition coefficient (Wildman–Crippen LogP) is 5.09. The van der Waals surface area contributed by atoms with Crippen molar-refractivity contribution in [2.75, 3.05) is 6.61 Å². The Labute approximate surface area is 166 Å². The first-order valence-electron chi connectivity index (χ1n) is 9.54. The summed E-state index contributed by atoms with van der Waals surface area (Å²) in [5, 5.41) is 0. The molecule has 0 amide bonds. The Kier molecular flexibility index (Phi) is 6.38. The standard InChI is InChI=1S/C25H25NO2/c1-3-28-24(27)25(2,19-20-13-7-4-8-14-20)26-23(21-15-9-5-10-16-21)22-17-11-6-12-18-22/h4-18H,3,19H2,1-2H3/t25-/m0/s1. The summed E-state index contributed by atoms with van der Waals surface area (Å²) in [6, 6.07) is 29.9. The fraction of sp³-hybridized carbons (Fsp3) is 0.200. The average Bonchev–Trinajstić information content (AvgIpc) is 2.74. The quantitative estimate of drug-likeness (QED) is 0.429. The van der Waals surface area contributed by atoms with E-state index in [4.69, 9.17) is 9.73 Å². The smallest absolute Gasteiger partial charge is 0.334 e. The van der Waals surface area contributed by atoms with Crippen LogP contribution >= 0.6 is 0 Å². The Morgan fingerprint density at radius 3 is 1.75 bits per heavy atom. The van der Waals surface area contributed by atoms with Gasteiger partial charge in [-0.15, -0.1) is 0 Å². The summed E-state index contributed by atoms with van der Waals surface area (Å²) >= 11 is 0. The molecule has 3 aromatic carbocycles. The molecule has 0 aliphatic heterocycles. The Morgan fingerprint density at radius 2 is 1.29 bits per heavy atom. The van der Waals surface area contributed by atoms with Gasteiger partial charge in [-0.25, -0.2) is 4.79 Å². The highest BCUT2D eigenvalue weighted by Gasteiger charge is 2.35. The van der Waals surface area contributed by atoms with Gasteiger partial charge in [0.1, 0.15) is 0 Å². The fourth-order valence-electron chi connectivity index (χ4n) is 3.17. The molecule has 0 N–H and O–H groups in total. The minimum Gasteiger partial charge on any atom is -0.464 e. The van der Waals surface area contributed by atoms with Gasteiger partial charge in [-0.3, -0.25) is 4.99 Å². The van der Waals surface area contributed by atoms with E-state index < -0.39 is 5.54 Å². The lowest BCUT2D eigenvalue weighted by atomic mass is 9.92. The van der Waals surface area contributed by atoms with Gasteiger partial charge in [0.15, 0.2) is 5.54 Å². The van der Waals surface area contributed by atoms with Crippen molar-refractivity contribution in [1.29, 1.82) is 0 Å². The van der Waals surface area contributed by atoms with Crippen molar-refractivity contribution < 1.29 is 9.53 Å². The Morgan fingerprint density at radius 1 is 0.821 bits per heavy atom. The van der Waals surface area contributed by atoms with Crippen LogP contribution in [0, 0.1) is 0 Å². The lowest BCUT2D eigenvalue weighted by Gasteiger charge is -2.25. The predicted molar refractivity (Wildman–Crippen MR) is 114 cm³/mol. The summed E-state index contributed by atoms with van der Waals surface area (Å²) in [6.45, 7) is 3.99. The molecule has 3 heteroatoms. The number of hydrogen-bond donors (Lipinski definition) is 0. The van der Waals surface area contributed by atoms with E-state index >= 15 is 0 Å². The summed E-state index contributed by atoms with van der Waals surface area (Å²) in [6.07, 6.45) is 0.468. The van der Waals surface area contributed by atoms with Gasteiger partial charge in [-0.05, 0) is 19.4 Å². The summed E-state index contributed by atoms with van der Waals surface area (Å²) < 4.78 is 5.41. The lowest BCUT2D eigenvalue weighted by Crippen LogP contribution is -2.39. The summed E-state index contributed by atoms with van der Waals surface area (Å²) in [5.41, 5.74) is 2.74. The molecular formula is C25H25NO2. The number of benzene rings is 3. The van der Waals surface area contributed by atoms with Crippen LogP contribution in [0.4, 0.5) is 0 Å². The normalized spacial score (nSPS) is 12.6. The van der Waals surface area contributed by atoms with E-state index in [0.717, 1.165) is 22.4 Å². The van der Waals surface area contributed by atoms with Crippen LogP contribution in [0.15, 0.2) is 96.0 Å². The third-order valence-corrected chi connectivity index (χ3v) is 4.56. The molecule has 0 unspecified atom stereocenters. The minimum atomic E-state index is -1.03. The summed E-state index contributed by atoms with van der Waals surface area (Å²) in [4.78, 5) is 17.9. The molecule has 1 atom stereocenters. The van der Waals surface area contributed by atoms with E-state index in [1.165, 1.54) is 0 Å². The molecule has 3 rings (SSSR count). The van der Waals surface area contributed by atoms with Crippen LogP contribution in [0.25, 0.3) is 0 Å². The summed E-state index contributed by atoms with van der Waals surface area (Å²) in [5.74, 6) is -0.316. The largest absolute Gasteiger partial charge is 0.464 e. The fourth-order valence-corrected chi connectivity index (χ4v) is 3.17. The molecule has 28 heavy (non-hydrogen) atoms. The monoisotopic (exact) mass is 371 g/mol. The molecule has 0 spiro atoms. The van der Waals surface area contributed by atoms with Crippen molar-refractivity contribution in [3.05, 3.63) is 108 Å². The molecular weight excluding hydrogens is 346 g/mol. The number of aliphatic imine (C=N–C) groups is 1. The summed E-state index contributed by atoms with van der Waals surface area (Å²) in [7, 11) is 0. The maximum Gasteiger partial charge on any atom is 0.334 e. The number of rotatable bonds is 7. The second-order valence-corrected chi connectivity index (χ2v) is 6.85. The van der Waals surface area contributed by atoms with Gasteiger partial charge in [0.2, 0.25) is 0 Å². The molecule has 0 aliphatic rings. The van der Waals surface area contributed by atoms with Gasteiger partial charge in [-0.2, -0.15) is 0 Å². The third-order valence-electron chi connectivity index (χ3n) is 4.56. The van der Waals surface area contributed by atoms with E-state index in [1.54, 1.807) is 0 Å². The van der Waals surface area contributed by atoms with Crippen molar-refractivity contribution in [2.24, 2.45) is 4.99 Å². The third kappa shape index (κ3) is 4.74. The molecule has 0 fully saturated rings. The molecule has 0 aliphatic carbocycles. The number of nitrogens with zero attached hydrogens (tertiary/aromatic N) is 1. The van der Waals surface area contributed by atoms with Crippen molar-refractivity contribution >= 4 is 11.7 Å². The molecule has 0 saturated carbocycles. The van der Waals surface area contributed by atoms with Gasteiger partial charge in [0.05, 0.1) is 12.3 Å². The number of esters is 1. The molecule has 0 radical (unpaired) electrons. The molecule has 0 bridgehead atoms. The number of carbonyl (C=O) groups excluding carboxylic acids is 1. The van der Waals surface area contributed by atoms with Gasteiger partial charge in [0, 0.05) is 17.5 Å². The van der Waals surface area contributed by atoms with Crippen molar-refractivity contribution in [1.82, 2.24) is 0 Å². The first-order valence-corrected chi connectivity index (χ1v) is 9.54. The van der Waals surface area contributed by atoms with Crippen LogP contribution in [-0.4, -0.2) is 23.8 Å². The van der Waals surface area contributed by atoms with Crippen LogP contribution in [-0.2, 0) is 16.0 Å². The van der Waals surface area contributed by atoms with E-state index in [2.05, 4.69) is 0 Å². The highest BCUT2D eigenvalue weighted by molar-refractivity contribution is 6.13. The highest BCUT2D eigenvalue weighted by Crippen LogP contribution is 2.23. The Bertz CT molecular complexity index is 879. The number of ether oxygens (including phenoxy) is 1. The molecule has 0 saturated heterocycles. The second-order valence-electron chi connectivity index (χ2n) is 6.85. The second kappa shape index (κ2) is 9.14. The van der Waals surface area contributed by atoms with Crippen molar-refractivity contribution in [3.8, 4) is 0 Å². The lowest BCUT2D eigenvalue weighted by molar-refractivity contribution is -0.148. The maximum absolute atomic E-state index is 12.9. The Hall–Kier alpha value is -3.20. The van der Waals surface area contributed by atoms with Crippen LogP contribution in [0.2, 0.25) is 0 Å². The van der Waals surface area contributed by atoms with Crippen molar-refractivity contribution in [2.45, 2.75) is 25.8 Å². The van der Waals surface area contributed by atoms with Crippen LogP contribution < -0.4 is 0 Å². The molecule has 3 nitrogen and oxygen atoms in total. The van der Waals surface area contributed by atoms with Gasteiger partial charge >= 0.3 is 5.97 Å². The molecule has 3 aromatic rings.